The van der Waals surface area contributed by atoms with Crippen molar-refractivity contribution < 1.29 is 19.0 Å². The fraction of sp³-hybridized carbons (Fsp3) is 0.387. The molecule has 1 N–H and O–H groups in total. The highest BCUT2D eigenvalue weighted by atomic mass is 16.5. The van der Waals surface area contributed by atoms with Crippen LogP contribution in [0.1, 0.15) is 42.4 Å². The molecule has 1 amide bonds. The number of ether oxygens (including phenoxy) is 3. The van der Waals surface area contributed by atoms with E-state index in [-0.39, 0.29) is 11.9 Å². The number of carbonyl (C=O) groups is 1. The van der Waals surface area contributed by atoms with Gasteiger partial charge >= 0.3 is 0 Å². The van der Waals surface area contributed by atoms with E-state index < -0.39 is 5.54 Å². The summed E-state index contributed by atoms with van der Waals surface area (Å²) in [5.74, 6) is 2.63. The van der Waals surface area contributed by atoms with Gasteiger partial charge in [-0.15, -0.1) is 0 Å². The third-order valence-electron chi connectivity index (χ3n) is 8.18. The number of H-pyrrole nitrogens is 1. The number of aromatic nitrogens is 3. The summed E-state index contributed by atoms with van der Waals surface area (Å²) < 4.78 is 16.6. The van der Waals surface area contributed by atoms with Gasteiger partial charge in [-0.2, -0.15) is 0 Å². The summed E-state index contributed by atoms with van der Waals surface area (Å²) in [6.07, 6.45) is 2.59. The van der Waals surface area contributed by atoms with Gasteiger partial charge in [-0.05, 0) is 57.5 Å². The van der Waals surface area contributed by atoms with Crippen LogP contribution in [0.25, 0.3) is 22.3 Å². The fourth-order valence-corrected chi connectivity index (χ4v) is 6.00. The van der Waals surface area contributed by atoms with Gasteiger partial charge < -0.3 is 29.0 Å². The van der Waals surface area contributed by atoms with Crippen LogP contribution in [-0.4, -0.2) is 72.3 Å². The predicted molar refractivity (Wildman–Crippen MR) is 154 cm³/mol. The Balaban J connectivity index is 1.49. The molecule has 0 aliphatic carbocycles. The number of methoxy groups -OCH3 is 2. The van der Waals surface area contributed by atoms with Crippen LogP contribution in [0.2, 0.25) is 0 Å². The Hall–Kier alpha value is -4.11. The number of hydrogen-bond acceptors (Lipinski definition) is 7. The number of fused-ring (bicyclic) bond motifs is 2. The second-order valence-corrected chi connectivity index (χ2v) is 10.9. The van der Waals surface area contributed by atoms with E-state index in [0.717, 1.165) is 40.1 Å². The molecule has 1 saturated heterocycles. The second-order valence-electron chi connectivity index (χ2n) is 10.9. The molecule has 1 atom stereocenters. The summed E-state index contributed by atoms with van der Waals surface area (Å²) in [6.45, 7) is 8.92. The number of hydrogen-bond donors (Lipinski definition) is 1. The Morgan fingerprint density at radius 2 is 1.90 bits per heavy atom. The quantitative estimate of drug-likeness (QED) is 0.388. The number of nitrogens with one attached hydrogen (secondary N) is 1. The van der Waals surface area contributed by atoms with Gasteiger partial charge in [0.1, 0.15) is 5.82 Å². The lowest BCUT2D eigenvalue weighted by molar-refractivity contribution is 0.0500. The molecule has 1 unspecified atom stereocenters. The molecule has 2 aliphatic rings. The molecule has 0 saturated carbocycles. The maximum absolute atomic E-state index is 14.0. The van der Waals surface area contributed by atoms with Gasteiger partial charge in [0.2, 0.25) is 0 Å². The molecule has 2 aromatic heterocycles. The predicted octanol–water partition coefficient (Wildman–Crippen LogP) is 4.80. The molecule has 208 valence electrons. The van der Waals surface area contributed by atoms with E-state index in [1.807, 2.05) is 17.2 Å². The van der Waals surface area contributed by atoms with Crippen molar-refractivity contribution in [2.75, 3.05) is 45.4 Å². The van der Waals surface area contributed by atoms with Crippen molar-refractivity contribution in [3.05, 3.63) is 65.5 Å². The average molecular weight is 542 g/mol. The zero-order valence-corrected chi connectivity index (χ0v) is 23.7. The molecule has 2 aromatic carbocycles. The number of nitrogens with zero attached hydrogens (tertiary/aromatic N) is 4. The van der Waals surface area contributed by atoms with Crippen LogP contribution >= 0.6 is 0 Å². The van der Waals surface area contributed by atoms with Crippen LogP contribution in [0.4, 0.5) is 5.82 Å². The Morgan fingerprint density at radius 3 is 2.67 bits per heavy atom. The number of amides is 1. The molecule has 2 aliphatic heterocycles. The van der Waals surface area contributed by atoms with Crippen LogP contribution in [0, 0.1) is 0 Å². The van der Waals surface area contributed by atoms with Crippen LogP contribution in [0.5, 0.6) is 11.5 Å². The van der Waals surface area contributed by atoms with Gasteiger partial charge in [-0.25, -0.2) is 9.97 Å². The Labute approximate surface area is 234 Å². The van der Waals surface area contributed by atoms with E-state index in [1.54, 1.807) is 32.4 Å². The minimum atomic E-state index is -0.689. The highest BCUT2D eigenvalue weighted by molar-refractivity contribution is 5.96. The highest BCUT2D eigenvalue weighted by Gasteiger charge is 2.42. The van der Waals surface area contributed by atoms with E-state index in [9.17, 15) is 4.79 Å². The van der Waals surface area contributed by atoms with Gasteiger partial charge in [0.05, 0.1) is 44.7 Å². The first kappa shape index (κ1) is 26.1. The molecule has 0 spiro atoms. The number of benzene rings is 2. The van der Waals surface area contributed by atoms with Crippen molar-refractivity contribution in [3.8, 4) is 22.9 Å². The third-order valence-corrected chi connectivity index (χ3v) is 8.18. The first-order valence-electron chi connectivity index (χ1n) is 13.7. The number of morpholine rings is 1. The topological polar surface area (TPSA) is 92.8 Å². The second kappa shape index (κ2) is 10.1. The lowest BCUT2D eigenvalue weighted by Gasteiger charge is -2.45. The number of rotatable bonds is 5. The van der Waals surface area contributed by atoms with Crippen molar-refractivity contribution in [1.29, 1.82) is 0 Å². The van der Waals surface area contributed by atoms with Gasteiger partial charge in [0, 0.05) is 46.9 Å². The van der Waals surface area contributed by atoms with Crippen LogP contribution < -0.4 is 14.4 Å². The standard InChI is InChI=1S/C31H35N5O4/c1-19-18-40-16-15-35(19)29-23-12-14-36(30(37)20-9-10-25(38-4)26(17-20)39-5)31(2,3)27(23)33-28(34-29)22-7-6-8-24-21(22)11-13-32-24/h6-11,13,17,19,32H,12,14-16,18H2,1-5H3. The van der Waals surface area contributed by atoms with E-state index in [1.165, 1.54) is 0 Å². The van der Waals surface area contributed by atoms with Crippen LogP contribution in [-0.2, 0) is 16.7 Å². The zero-order chi connectivity index (χ0) is 28.0. The number of carbonyl (C=O) groups excluding carboxylic acids is 1. The zero-order valence-electron chi connectivity index (χ0n) is 23.7. The molecule has 0 radical (unpaired) electrons. The third kappa shape index (κ3) is 4.25. The van der Waals surface area contributed by atoms with Crippen molar-refractivity contribution in [3.63, 3.8) is 0 Å². The highest BCUT2D eigenvalue weighted by Crippen LogP contribution is 2.41. The normalized spacial score (nSPS) is 18.5. The fourth-order valence-electron chi connectivity index (χ4n) is 6.00. The maximum Gasteiger partial charge on any atom is 0.254 e. The van der Waals surface area contributed by atoms with Crippen molar-refractivity contribution in [1.82, 2.24) is 19.9 Å². The van der Waals surface area contributed by atoms with E-state index >= 15 is 0 Å². The summed E-state index contributed by atoms with van der Waals surface area (Å²) in [5, 5.41) is 1.07. The van der Waals surface area contributed by atoms with Crippen molar-refractivity contribution in [2.24, 2.45) is 0 Å². The van der Waals surface area contributed by atoms with E-state index in [4.69, 9.17) is 24.2 Å². The first-order chi connectivity index (χ1) is 19.3. The molecule has 40 heavy (non-hydrogen) atoms. The summed E-state index contributed by atoms with van der Waals surface area (Å²) in [7, 11) is 3.16. The Morgan fingerprint density at radius 1 is 1.07 bits per heavy atom. The lowest BCUT2D eigenvalue weighted by atomic mass is 9.86. The molecule has 4 heterocycles. The molecular formula is C31H35N5O4. The molecule has 1 fully saturated rings. The molecule has 9 heteroatoms. The van der Waals surface area contributed by atoms with Crippen molar-refractivity contribution in [2.45, 2.75) is 38.8 Å². The first-order valence-corrected chi connectivity index (χ1v) is 13.7. The van der Waals surface area contributed by atoms with Gasteiger partial charge in [-0.3, -0.25) is 4.79 Å². The van der Waals surface area contributed by atoms with Gasteiger partial charge in [-0.1, -0.05) is 12.1 Å². The summed E-state index contributed by atoms with van der Waals surface area (Å²) in [5.41, 5.74) is 3.82. The van der Waals surface area contributed by atoms with E-state index in [2.05, 4.69) is 48.9 Å². The monoisotopic (exact) mass is 541 g/mol. The molecule has 4 aromatic rings. The minimum Gasteiger partial charge on any atom is -0.493 e. The summed E-state index contributed by atoms with van der Waals surface area (Å²) in [6, 6.07) is 13.7. The molecule has 6 rings (SSSR count). The number of aromatic amines is 1. The molecule has 9 nitrogen and oxygen atoms in total. The summed E-state index contributed by atoms with van der Waals surface area (Å²) >= 11 is 0. The van der Waals surface area contributed by atoms with E-state index in [0.29, 0.717) is 49.1 Å². The maximum atomic E-state index is 14.0. The smallest absolute Gasteiger partial charge is 0.254 e. The summed E-state index contributed by atoms with van der Waals surface area (Å²) in [4.78, 5) is 32.0. The Bertz CT molecular complexity index is 1580. The lowest BCUT2D eigenvalue weighted by Crippen LogP contribution is -2.52. The largest absolute Gasteiger partial charge is 0.493 e. The molecule has 0 bridgehead atoms. The molecular weight excluding hydrogens is 506 g/mol. The minimum absolute atomic E-state index is 0.0780. The Kier molecular flexibility index (Phi) is 6.62. The van der Waals surface area contributed by atoms with Crippen LogP contribution in [0.3, 0.4) is 0 Å². The van der Waals surface area contributed by atoms with Crippen molar-refractivity contribution >= 4 is 22.6 Å². The van der Waals surface area contributed by atoms with Crippen LogP contribution in [0.15, 0.2) is 48.7 Å². The number of anilines is 1. The van der Waals surface area contributed by atoms with Gasteiger partial charge in [0.25, 0.3) is 5.91 Å². The average Bonchev–Trinajstić information content (AvgIpc) is 3.46. The van der Waals surface area contributed by atoms with Gasteiger partial charge in [0.15, 0.2) is 17.3 Å². The SMILES string of the molecule is COc1ccc(C(=O)N2CCc3c(N4CCOCC4C)nc(-c4cccc5[nH]ccc45)nc3C2(C)C)cc1OC.